The lowest BCUT2D eigenvalue weighted by atomic mass is 9.95. The Balaban J connectivity index is 1.27. The van der Waals surface area contributed by atoms with Gasteiger partial charge in [-0.15, -0.1) is 0 Å². The van der Waals surface area contributed by atoms with Crippen molar-refractivity contribution in [2.24, 2.45) is 5.92 Å². The molecule has 0 atom stereocenters. The van der Waals surface area contributed by atoms with E-state index in [0.29, 0.717) is 17.4 Å². The number of likely N-dealkylation sites (tertiary alicyclic amines) is 1. The fourth-order valence-electron chi connectivity index (χ4n) is 4.09. The van der Waals surface area contributed by atoms with Crippen molar-refractivity contribution in [2.45, 2.75) is 19.3 Å². The zero-order valence-electron chi connectivity index (χ0n) is 17.0. The van der Waals surface area contributed by atoms with Crippen molar-refractivity contribution in [3.8, 4) is 17.1 Å². The van der Waals surface area contributed by atoms with Gasteiger partial charge in [-0.05, 0) is 30.9 Å². The SMILES string of the molecule is COc1cccc(-c2cc(CC(=O)N3CCC(CN4CCOCC4)CC3)no2)c1. The van der Waals surface area contributed by atoms with Crippen LogP contribution in [-0.2, 0) is 16.0 Å². The van der Waals surface area contributed by atoms with Gasteiger partial charge in [0.2, 0.25) is 5.91 Å². The Morgan fingerprint density at radius 2 is 1.97 bits per heavy atom. The van der Waals surface area contributed by atoms with Gasteiger partial charge in [0.1, 0.15) is 5.75 Å². The average molecular weight is 399 g/mol. The molecule has 1 aromatic heterocycles. The Labute approximate surface area is 171 Å². The van der Waals surface area contributed by atoms with Gasteiger partial charge in [-0.2, -0.15) is 0 Å². The number of piperidine rings is 1. The number of carbonyl (C=O) groups excluding carboxylic acids is 1. The van der Waals surface area contributed by atoms with Crippen LogP contribution in [-0.4, -0.2) is 73.9 Å². The maximum atomic E-state index is 12.7. The highest BCUT2D eigenvalue weighted by Crippen LogP contribution is 2.25. The maximum Gasteiger partial charge on any atom is 0.228 e. The second kappa shape index (κ2) is 9.41. The molecule has 0 N–H and O–H groups in total. The van der Waals surface area contributed by atoms with Crippen LogP contribution in [0.3, 0.4) is 0 Å². The van der Waals surface area contributed by atoms with Crippen LogP contribution in [0, 0.1) is 5.92 Å². The average Bonchev–Trinajstić information content (AvgIpc) is 3.23. The van der Waals surface area contributed by atoms with Crippen LogP contribution in [0.15, 0.2) is 34.9 Å². The number of benzene rings is 1. The summed E-state index contributed by atoms with van der Waals surface area (Å²) in [4.78, 5) is 17.2. The Morgan fingerprint density at radius 3 is 2.72 bits per heavy atom. The van der Waals surface area contributed by atoms with Crippen LogP contribution in [0.2, 0.25) is 0 Å². The molecule has 156 valence electrons. The van der Waals surface area contributed by atoms with Gasteiger partial charge in [-0.1, -0.05) is 17.3 Å². The van der Waals surface area contributed by atoms with Crippen LogP contribution in [0.25, 0.3) is 11.3 Å². The van der Waals surface area contributed by atoms with Crippen LogP contribution in [0.5, 0.6) is 5.75 Å². The molecule has 1 amide bonds. The van der Waals surface area contributed by atoms with Crippen LogP contribution >= 0.6 is 0 Å². The van der Waals surface area contributed by atoms with E-state index in [9.17, 15) is 4.79 Å². The van der Waals surface area contributed by atoms with Gasteiger partial charge in [0.15, 0.2) is 5.76 Å². The van der Waals surface area contributed by atoms with Gasteiger partial charge >= 0.3 is 0 Å². The normalized spacial score (nSPS) is 18.7. The summed E-state index contributed by atoms with van der Waals surface area (Å²) in [6, 6.07) is 9.46. The Hall–Kier alpha value is -2.38. The van der Waals surface area contributed by atoms with Gasteiger partial charge in [0.05, 0.1) is 32.4 Å². The lowest BCUT2D eigenvalue weighted by Gasteiger charge is -2.36. The minimum atomic E-state index is 0.125. The van der Waals surface area contributed by atoms with Crippen molar-refractivity contribution in [3.63, 3.8) is 0 Å². The van der Waals surface area contributed by atoms with Crippen molar-refractivity contribution in [1.82, 2.24) is 15.0 Å². The number of morpholine rings is 1. The first kappa shape index (κ1) is 19.9. The molecule has 4 rings (SSSR count). The van der Waals surface area contributed by atoms with Crippen molar-refractivity contribution in [3.05, 3.63) is 36.0 Å². The Kier molecular flexibility index (Phi) is 6.46. The summed E-state index contributed by atoms with van der Waals surface area (Å²) in [7, 11) is 1.63. The molecule has 7 heteroatoms. The number of hydrogen-bond donors (Lipinski definition) is 0. The van der Waals surface area contributed by atoms with E-state index in [1.165, 1.54) is 0 Å². The smallest absolute Gasteiger partial charge is 0.228 e. The minimum Gasteiger partial charge on any atom is -0.497 e. The maximum absolute atomic E-state index is 12.7. The topological polar surface area (TPSA) is 68.0 Å². The molecule has 2 saturated heterocycles. The number of hydrogen-bond acceptors (Lipinski definition) is 6. The standard InChI is InChI=1S/C22H29N3O4/c1-27-20-4-2-3-18(13-20)21-14-19(23-29-21)15-22(26)25-7-5-17(6-8-25)16-24-9-11-28-12-10-24/h2-4,13-14,17H,5-12,15-16H2,1H3. The molecule has 0 saturated carbocycles. The molecular weight excluding hydrogens is 370 g/mol. The number of aromatic nitrogens is 1. The van der Waals surface area contributed by atoms with E-state index in [1.54, 1.807) is 7.11 Å². The minimum absolute atomic E-state index is 0.125. The first-order valence-electron chi connectivity index (χ1n) is 10.4. The number of carbonyl (C=O) groups is 1. The predicted octanol–water partition coefficient (Wildman–Crippen LogP) is 2.46. The molecule has 3 heterocycles. The highest BCUT2D eigenvalue weighted by atomic mass is 16.5. The third-order valence-corrected chi connectivity index (χ3v) is 5.83. The third-order valence-electron chi connectivity index (χ3n) is 5.83. The highest BCUT2D eigenvalue weighted by Gasteiger charge is 2.25. The zero-order valence-corrected chi connectivity index (χ0v) is 17.0. The molecule has 2 aromatic rings. The summed E-state index contributed by atoms with van der Waals surface area (Å²) < 4.78 is 16.1. The molecule has 2 fully saturated rings. The number of nitrogens with zero attached hydrogens (tertiary/aromatic N) is 3. The van der Waals surface area contributed by atoms with Crippen molar-refractivity contribution < 1.29 is 18.8 Å². The molecule has 0 aliphatic carbocycles. The molecule has 2 aliphatic rings. The highest BCUT2D eigenvalue weighted by molar-refractivity contribution is 5.78. The molecule has 0 unspecified atom stereocenters. The van der Waals surface area contributed by atoms with Gasteiger partial charge in [0, 0.05) is 44.4 Å². The Morgan fingerprint density at radius 1 is 1.17 bits per heavy atom. The van der Waals surface area contributed by atoms with Crippen LogP contribution < -0.4 is 4.74 Å². The first-order valence-corrected chi connectivity index (χ1v) is 10.4. The van der Waals surface area contributed by atoms with E-state index in [2.05, 4.69) is 10.1 Å². The van der Waals surface area contributed by atoms with Gasteiger partial charge < -0.3 is 18.9 Å². The van der Waals surface area contributed by atoms with Crippen LogP contribution in [0.4, 0.5) is 0 Å². The third kappa shape index (κ3) is 5.16. The number of amides is 1. The van der Waals surface area contributed by atoms with Crippen molar-refractivity contribution >= 4 is 5.91 Å². The molecule has 0 spiro atoms. The number of ether oxygens (including phenoxy) is 2. The first-order chi connectivity index (χ1) is 14.2. The summed E-state index contributed by atoms with van der Waals surface area (Å²) in [5, 5.41) is 4.09. The summed E-state index contributed by atoms with van der Waals surface area (Å²) >= 11 is 0. The second-order valence-electron chi connectivity index (χ2n) is 7.83. The predicted molar refractivity (Wildman–Crippen MR) is 109 cm³/mol. The van der Waals surface area contributed by atoms with E-state index in [4.69, 9.17) is 14.0 Å². The van der Waals surface area contributed by atoms with Gasteiger partial charge in [-0.25, -0.2) is 0 Å². The summed E-state index contributed by atoms with van der Waals surface area (Å²) in [5.41, 5.74) is 1.56. The lowest BCUT2D eigenvalue weighted by Crippen LogP contribution is -2.44. The summed E-state index contributed by atoms with van der Waals surface area (Å²) in [6.45, 7) is 6.52. The molecule has 29 heavy (non-hydrogen) atoms. The molecule has 7 nitrogen and oxygen atoms in total. The van der Waals surface area contributed by atoms with Crippen molar-refractivity contribution in [2.75, 3.05) is 53.0 Å². The molecule has 0 radical (unpaired) electrons. The van der Waals surface area contributed by atoms with E-state index >= 15 is 0 Å². The molecule has 0 bridgehead atoms. The Bertz CT molecular complexity index is 808. The van der Waals surface area contributed by atoms with Gasteiger partial charge in [0.25, 0.3) is 0 Å². The van der Waals surface area contributed by atoms with E-state index in [1.807, 2.05) is 35.2 Å². The van der Waals surface area contributed by atoms with E-state index in [0.717, 1.165) is 70.1 Å². The summed E-state index contributed by atoms with van der Waals surface area (Å²) in [6.07, 6.45) is 2.41. The van der Waals surface area contributed by atoms with Crippen molar-refractivity contribution in [1.29, 1.82) is 0 Å². The largest absolute Gasteiger partial charge is 0.497 e. The number of rotatable bonds is 6. The molecule has 2 aliphatic heterocycles. The molecule has 1 aromatic carbocycles. The molecular formula is C22H29N3O4. The number of methoxy groups -OCH3 is 1. The monoisotopic (exact) mass is 399 g/mol. The lowest BCUT2D eigenvalue weighted by molar-refractivity contribution is -0.132. The quantitative estimate of drug-likeness (QED) is 0.743. The zero-order chi connectivity index (χ0) is 20.1. The second-order valence-corrected chi connectivity index (χ2v) is 7.83. The van der Waals surface area contributed by atoms with E-state index in [-0.39, 0.29) is 12.3 Å². The van der Waals surface area contributed by atoms with E-state index < -0.39 is 0 Å². The fraction of sp³-hybridized carbons (Fsp3) is 0.545. The van der Waals surface area contributed by atoms with Crippen LogP contribution in [0.1, 0.15) is 18.5 Å². The fourth-order valence-corrected chi connectivity index (χ4v) is 4.09. The summed E-state index contributed by atoms with van der Waals surface area (Å²) in [5.74, 6) is 2.21. The van der Waals surface area contributed by atoms with Gasteiger partial charge in [-0.3, -0.25) is 9.69 Å².